The van der Waals surface area contributed by atoms with E-state index in [0.29, 0.717) is 19.3 Å². The lowest BCUT2D eigenvalue weighted by Gasteiger charge is -2.26. The summed E-state index contributed by atoms with van der Waals surface area (Å²) in [6, 6.07) is 6.88. The van der Waals surface area contributed by atoms with Crippen LogP contribution in [-0.2, 0) is 0 Å². The molecule has 0 bridgehead atoms. The predicted molar refractivity (Wildman–Crippen MR) is 73.6 cm³/mol. The van der Waals surface area contributed by atoms with Crippen molar-refractivity contribution in [1.82, 2.24) is 5.32 Å². The second-order valence-corrected chi connectivity index (χ2v) is 6.16. The molecule has 2 saturated carbocycles. The Morgan fingerprint density at radius 3 is 2.53 bits per heavy atom. The van der Waals surface area contributed by atoms with Crippen LogP contribution in [0.15, 0.2) is 18.2 Å². The zero-order valence-corrected chi connectivity index (χ0v) is 11.4. The Bertz CT molecular complexity index is 478. The first-order valence-corrected chi connectivity index (χ1v) is 7.42. The molecular formula is C16H21NO2. The lowest BCUT2D eigenvalue weighted by Crippen LogP contribution is -2.25. The molecule has 3 nitrogen and oxygen atoms in total. The van der Waals surface area contributed by atoms with E-state index in [4.69, 9.17) is 9.47 Å². The summed E-state index contributed by atoms with van der Waals surface area (Å²) in [5.41, 5.74) is 1.35. The van der Waals surface area contributed by atoms with Crippen molar-refractivity contribution in [2.24, 2.45) is 17.8 Å². The molecule has 2 fully saturated rings. The zero-order chi connectivity index (χ0) is 12.8. The molecule has 19 heavy (non-hydrogen) atoms. The van der Waals surface area contributed by atoms with E-state index in [1.807, 2.05) is 0 Å². The first kappa shape index (κ1) is 11.6. The minimum atomic E-state index is 0.462. The Balaban J connectivity index is 1.58. The minimum Gasteiger partial charge on any atom is -0.486 e. The highest BCUT2D eigenvalue weighted by Gasteiger charge is 2.47. The molecule has 0 radical (unpaired) electrons. The van der Waals surface area contributed by atoms with Gasteiger partial charge in [-0.2, -0.15) is 0 Å². The van der Waals surface area contributed by atoms with Crippen molar-refractivity contribution >= 4 is 0 Å². The van der Waals surface area contributed by atoms with Crippen LogP contribution in [0.25, 0.3) is 0 Å². The number of rotatable bonds is 3. The second kappa shape index (κ2) is 4.41. The topological polar surface area (TPSA) is 30.5 Å². The maximum atomic E-state index is 5.70. The fourth-order valence-corrected chi connectivity index (χ4v) is 3.96. The van der Waals surface area contributed by atoms with Crippen LogP contribution in [0.5, 0.6) is 11.5 Å². The number of fused-ring (bicyclic) bond motifs is 2. The van der Waals surface area contributed by atoms with E-state index < -0.39 is 0 Å². The Morgan fingerprint density at radius 2 is 1.79 bits per heavy atom. The summed E-state index contributed by atoms with van der Waals surface area (Å²) in [5.74, 6) is 4.64. The van der Waals surface area contributed by atoms with E-state index >= 15 is 0 Å². The number of ether oxygens (including phenoxy) is 2. The average Bonchev–Trinajstić information content (AvgIpc) is 3.06. The van der Waals surface area contributed by atoms with E-state index in [1.54, 1.807) is 0 Å². The fraction of sp³-hybridized carbons (Fsp3) is 0.625. The highest BCUT2D eigenvalue weighted by Crippen LogP contribution is 2.57. The van der Waals surface area contributed by atoms with Crippen LogP contribution in [0.2, 0.25) is 0 Å². The lowest BCUT2D eigenvalue weighted by atomic mass is 9.89. The fourth-order valence-electron chi connectivity index (χ4n) is 3.96. The standard InChI is InChI=1S/C16H21NO2/c1-17-16(13-7-11-6-12(11)8-13)10-2-3-14-15(9-10)19-5-4-18-14/h2-3,9,11-13,16-17H,4-8H2,1H3. The number of benzene rings is 1. The number of hydrogen-bond donors (Lipinski definition) is 1. The van der Waals surface area contributed by atoms with Gasteiger partial charge in [0.15, 0.2) is 11.5 Å². The van der Waals surface area contributed by atoms with Crippen LogP contribution in [-0.4, -0.2) is 20.3 Å². The third-order valence-corrected chi connectivity index (χ3v) is 4.99. The smallest absolute Gasteiger partial charge is 0.161 e. The van der Waals surface area contributed by atoms with E-state index in [2.05, 4.69) is 30.6 Å². The van der Waals surface area contributed by atoms with Crippen molar-refractivity contribution in [1.29, 1.82) is 0 Å². The third-order valence-electron chi connectivity index (χ3n) is 4.99. The first-order chi connectivity index (χ1) is 9.35. The molecule has 4 rings (SSSR count). The van der Waals surface area contributed by atoms with Gasteiger partial charge in [-0.3, -0.25) is 0 Å². The molecule has 3 unspecified atom stereocenters. The summed E-state index contributed by atoms with van der Waals surface area (Å²) >= 11 is 0. The van der Waals surface area contributed by atoms with Gasteiger partial charge < -0.3 is 14.8 Å². The molecule has 0 aromatic heterocycles. The van der Waals surface area contributed by atoms with Crippen molar-refractivity contribution in [3.05, 3.63) is 23.8 Å². The molecule has 1 aromatic rings. The summed E-state index contributed by atoms with van der Waals surface area (Å²) in [5, 5.41) is 3.51. The normalized spacial score (nSPS) is 32.8. The molecule has 0 spiro atoms. The van der Waals surface area contributed by atoms with E-state index in [9.17, 15) is 0 Å². The van der Waals surface area contributed by atoms with Crippen molar-refractivity contribution in [2.45, 2.75) is 25.3 Å². The largest absolute Gasteiger partial charge is 0.486 e. The Labute approximate surface area is 114 Å². The molecule has 1 N–H and O–H groups in total. The van der Waals surface area contributed by atoms with Crippen LogP contribution >= 0.6 is 0 Å². The van der Waals surface area contributed by atoms with Gasteiger partial charge in [0.05, 0.1) is 0 Å². The quantitative estimate of drug-likeness (QED) is 0.905. The van der Waals surface area contributed by atoms with Gasteiger partial charge >= 0.3 is 0 Å². The van der Waals surface area contributed by atoms with Crippen LogP contribution in [0.3, 0.4) is 0 Å². The summed E-state index contributed by atoms with van der Waals surface area (Å²) in [6.45, 7) is 1.32. The van der Waals surface area contributed by atoms with Crippen molar-refractivity contribution < 1.29 is 9.47 Å². The Hall–Kier alpha value is -1.22. The highest BCUT2D eigenvalue weighted by atomic mass is 16.6. The molecule has 0 saturated heterocycles. The van der Waals surface area contributed by atoms with E-state index in [-0.39, 0.29) is 0 Å². The van der Waals surface area contributed by atoms with Gasteiger partial charge in [0.25, 0.3) is 0 Å². The summed E-state index contributed by atoms with van der Waals surface area (Å²) in [6.07, 6.45) is 4.27. The molecule has 1 aliphatic heterocycles. The third kappa shape index (κ3) is 2.00. The summed E-state index contributed by atoms with van der Waals surface area (Å²) in [4.78, 5) is 0. The zero-order valence-electron chi connectivity index (χ0n) is 11.4. The Kier molecular flexibility index (Phi) is 2.69. The molecule has 1 aromatic carbocycles. The van der Waals surface area contributed by atoms with Crippen LogP contribution in [0.1, 0.15) is 30.9 Å². The highest BCUT2D eigenvalue weighted by molar-refractivity contribution is 5.44. The van der Waals surface area contributed by atoms with Crippen LogP contribution in [0.4, 0.5) is 0 Å². The molecule has 3 aliphatic rings. The maximum Gasteiger partial charge on any atom is 0.161 e. The molecule has 0 amide bonds. The van der Waals surface area contributed by atoms with Gasteiger partial charge in [-0.25, -0.2) is 0 Å². The van der Waals surface area contributed by atoms with E-state index in [0.717, 1.165) is 29.3 Å². The van der Waals surface area contributed by atoms with Gasteiger partial charge in [-0.15, -0.1) is 0 Å². The second-order valence-electron chi connectivity index (χ2n) is 6.16. The predicted octanol–water partition coefficient (Wildman–Crippen LogP) is 2.76. The Morgan fingerprint density at radius 1 is 1.05 bits per heavy atom. The molecule has 3 atom stereocenters. The minimum absolute atomic E-state index is 0.462. The summed E-state index contributed by atoms with van der Waals surface area (Å²) in [7, 11) is 2.07. The van der Waals surface area contributed by atoms with Gasteiger partial charge in [0.1, 0.15) is 13.2 Å². The molecule has 1 heterocycles. The van der Waals surface area contributed by atoms with Crippen molar-refractivity contribution in [2.75, 3.05) is 20.3 Å². The van der Waals surface area contributed by atoms with E-state index in [1.165, 1.54) is 24.8 Å². The molecule has 3 heteroatoms. The van der Waals surface area contributed by atoms with Crippen LogP contribution in [0, 0.1) is 17.8 Å². The first-order valence-electron chi connectivity index (χ1n) is 7.42. The average molecular weight is 259 g/mol. The van der Waals surface area contributed by atoms with Crippen molar-refractivity contribution in [3.8, 4) is 11.5 Å². The lowest BCUT2D eigenvalue weighted by molar-refractivity contribution is 0.171. The maximum absolute atomic E-state index is 5.70. The van der Waals surface area contributed by atoms with Gasteiger partial charge in [0.2, 0.25) is 0 Å². The van der Waals surface area contributed by atoms with Crippen LogP contribution < -0.4 is 14.8 Å². The molecule has 102 valence electrons. The van der Waals surface area contributed by atoms with Gasteiger partial charge in [-0.05, 0) is 61.8 Å². The monoisotopic (exact) mass is 259 g/mol. The van der Waals surface area contributed by atoms with Crippen molar-refractivity contribution in [3.63, 3.8) is 0 Å². The number of nitrogens with one attached hydrogen (secondary N) is 1. The van der Waals surface area contributed by atoms with Gasteiger partial charge in [0, 0.05) is 6.04 Å². The summed E-state index contributed by atoms with van der Waals surface area (Å²) < 4.78 is 11.3. The van der Waals surface area contributed by atoms with Gasteiger partial charge in [-0.1, -0.05) is 6.07 Å². The number of hydrogen-bond acceptors (Lipinski definition) is 3. The molecular weight excluding hydrogens is 238 g/mol. The SMILES string of the molecule is CNC(c1ccc2c(c1)OCCO2)C1CC2CC2C1. The molecule has 2 aliphatic carbocycles.